The van der Waals surface area contributed by atoms with Crippen molar-refractivity contribution in [1.29, 1.82) is 0 Å². The molecule has 2 unspecified atom stereocenters. The molecule has 2 atom stereocenters. The second kappa shape index (κ2) is 8.04. The van der Waals surface area contributed by atoms with Gasteiger partial charge in [-0.2, -0.15) is 17.6 Å². The number of anilines is 2. The van der Waals surface area contributed by atoms with E-state index in [0.29, 0.717) is 25.1 Å². The van der Waals surface area contributed by atoms with Crippen LogP contribution in [0.15, 0.2) is 30.6 Å². The molecule has 12 heteroatoms. The van der Waals surface area contributed by atoms with E-state index >= 15 is 4.39 Å². The van der Waals surface area contributed by atoms with Crippen molar-refractivity contribution in [3.05, 3.63) is 47.5 Å². The highest BCUT2D eigenvalue weighted by molar-refractivity contribution is 7.88. The van der Waals surface area contributed by atoms with Crippen LogP contribution in [0.25, 0.3) is 0 Å². The molecule has 0 amide bonds. The smallest absolute Gasteiger partial charge is 0.364 e. The van der Waals surface area contributed by atoms with E-state index in [1.165, 1.54) is 29.0 Å². The molecule has 7 nitrogen and oxygen atoms in total. The molecular weight excluding hydrogens is 474 g/mol. The zero-order valence-corrected chi connectivity index (χ0v) is 19.3. The molecule has 0 radical (unpaired) electrons. The molecule has 1 aliphatic heterocycles. The van der Waals surface area contributed by atoms with Gasteiger partial charge in [0.25, 0.3) is 0 Å². The zero-order chi connectivity index (χ0) is 24.3. The average molecular weight is 500 g/mol. The summed E-state index contributed by atoms with van der Waals surface area (Å²) in [5, 5.41) is 3.13. The fraction of sp³-hybridized carbons (Fsp3) is 0.545. The van der Waals surface area contributed by atoms with Crippen molar-refractivity contribution in [3.63, 3.8) is 0 Å². The van der Waals surface area contributed by atoms with Crippen molar-refractivity contribution >= 4 is 21.7 Å². The SMILES string of the molecule is CS(=O)(=O)N1CCC2(CC2Nc2ncnc(N(Cc3ccc(C(F)(F)F)cc3)C3CC3)c2F)C1. The van der Waals surface area contributed by atoms with Crippen molar-refractivity contribution in [3.8, 4) is 0 Å². The molecule has 5 rings (SSSR count). The fourth-order valence-electron chi connectivity index (χ4n) is 4.73. The van der Waals surface area contributed by atoms with Gasteiger partial charge in [-0.15, -0.1) is 0 Å². The average Bonchev–Trinajstić information content (AvgIpc) is 3.65. The van der Waals surface area contributed by atoms with Crippen LogP contribution < -0.4 is 10.2 Å². The van der Waals surface area contributed by atoms with Gasteiger partial charge in [-0.1, -0.05) is 12.1 Å². The second-order valence-corrected chi connectivity index (χ2v) is 11.5. The highest BCUT2D eigenvalue weighted by atomic mass is 32.2. The van der Waals surface area contributed by atoms with Gasteiger partial charge in [-0.05, 0) is 43.4 Å². The van der Waals surface area contributed by atoms with E-state index in [9.17, 15) is 21.6 Å². The molecule has 1 spiro atoms. The quantitative estimate of drug-likeness (QED) is 0.587. The van der Waals surface area contributed by atoms with Crippen molar-refractivity contribution in [2.75, 3.05) is 29.6 Å². The number of halogens is 4. The number of rotatable bonds is 7. The maximum Gasteiger partial charge on any atom is 0.416 e. The third kappa shape index (κ3) is 4.57. The molecule has 1 aromatic carbocycles. The van der Waals surface area contributed by atoms with Gasteiger partial charge in [0, 0.05) is 37.1 Å². The van der Waals surface area contributed by atoms with Crippen molar-refractivity contribution in [2.45, 2.75) is 50.5 Å². The van der Waals surface area contributed by atoms with Crippen LogP contribution in [0.2, 0.25) is 0 Å². The molecule has 184 valence electrons. The van der Waals surface area contributed by atoms with E-state index in [-0.39, 0.29) is 35.7 Å². The Morgan fingerprint density at radius 3 is 2.50 bits per heavy atom. The summed E-state index contributed by atoms with van der Waals surface area (Å²) in [6.07, 6.45) is 1.19. The summed E-state index contributed by atoms with van der Waals surface area (Å²) in [6, 6.07) is 4.83. The van der Waals surface area contributed by atoms with Gasteiger partial charge in [-0.3, -0.25) is 0 Å². The molecule has 1 saturated heterocycles. The number of aromatic nitrogens is 2. The topological polar surface area (TPSA) is 78.4 Å². The van der Waals surface area contributed by atoms with Crippen LogP contribution in [-0.4, -0.2) is 54.1 Å². The molecule has 2 aromatic rings. The van der Waals surface area contributed by atoms with Gasteiger partial charge in [0.1, 0.15) is 6.33 Å². The molecule has 0 bridgehead atoms. The van der Waals surface area contributed by atoms with E-state index in [2.05, 4.69) is 15.3 Å². The molecule has 1 aromatic heterocycles. The minimum Gasteiger partial charge on any atom is -0.364 e. The van der Waals surface area contributed by atoms with Gasteiger partial charge in [-0.25, -0.2) is 22.7 Å². The van der Waals surface area contributed by atoms with Crippen LogP contribution in [-0.2, 0) is 22.7 Å². The van der Waals surface area contributed by atoms with Crippen LogP contribution in [0.1, 0.15) is 36.8 Å². The van der Waals surface area contributed by atoms with Crippen LogP contribution >= 0.6 is 0 Å². The van der Waals surface area contributed by atoms with Crippen LogP contribution in [0, 0.1) is 11.2 Å². The molecule has 1 N–H and O–H groups in total. The molecule has 2 saturated carbocycles. The lowest BCUT2D eigenvalue weighted by molar-refractivity contribution is -0.137. The maximum absolute atomic E-state index is 15.5. The monoisotopic (exact) mass is 499 g/mol. The number of benzene rings is 1. The lowest BCUT2D eigenvalue weighted by Gasteiger charge is -2.25. The van der Waals surface area contributed by atoms with E-state index in [1.54, 1.807) is 4.90 Å². The summed E-state index contributed by atoms with van der Waals surface area (Å²) in [6.45, 7) is 1.09. The Morgan fingerprint density at radius 1 is 1.21 bits per heavy atom. The van der Waals surface area contributed by atoms with E-state index in [1.807, 2.05) is 0 Å². The van der Waals surface area contributed by atoms with E-state index < -0.39 is 27.6 Å². The first-order chi connectivity index (χ1) is 16.0. The molecule has 3 fully saturated rings. The largest absolute Gasteiger partial charge is 0.416 e. The lowest BCUT2D eigenvalue weighted by Crippen LogP contribution is -2.29. The van der Waals surface area contributed by atoms with Gasteiger partial charge >= 0.3 is 6.18 Å². The Bertz CT molecular complexity index is 1190. The Labute approximate surface area is 195 Å². The number of alkyl halides is 3. The van der Waals surface area contributed by atoms with Crippen molar-refractivity contribution in [1.82, 2.24) is 14.3 Å². The Balaban J connectivity index is 1.31. The van der Waals surface area contributed by atoms with Crippen molar-refractivity contribution in [2.24, 2.45) is 5.41 Å². The number of nitrogens with zero attached hydrogens (tertiary/aromatic N) is 4. The predicted octanol–water partition coefficient (Wildman–Crippen LogP) is 3.64. The fourth-order valence-corrected chi connectivity index (χ4v) is 5.64. The molecule has 2 aliphatic carbocycles. The second-order valence-electron chi connectivity index (χ2n) is 9.52. The molecule has 34 heavy (non-hydrogen) atoms. The maximum atomic E-state index is 15.5. The number of sulfonamides is 1. The number of hydrogen-bond acceptors (Lipinski definition) is 6. The highest BCUT2D eigenvalue weighted by Gasteiger charge is 2.59. The first kappa shape index (κ1) is 23.3. The summed E-state index contributed by atoms with van der Waals surface area (Å²) in [5.41, 5.74) is -0.314. The van der Waals surface area contributed by atoms with Gasteiger partial charge in [0.2, 0.25) is 15.8 Å². The number of nitrogens with one attached hydrogen (secondary N) is 1. The first-order valence-corrected chi connectivity index (χ1v) is 13.0. The van der Waals surface area contributed by atoms with Crippen LogP contribution in [0.3, 0.4) is 0 Å². The summed E-state index contributed by atoms with van der Waals surface area (Å²) < 4.78 is 79.2. The lowest BCUT2D eigenvalue weighted by atomic mass is 10.1. The standard InChI is InChI=1S/C22H25F4N5O2S/c1-34(32,33)30-9-8-21(12-30)10-17(21)29-19-18(23)20(28-13-27-19)31(16-6-7-16)11-14-2-4-15(5-3-14)22(24,25)26/h2-5,13,16-17H,6-12H2,1H3,(H,27,28,29). The van der Waals surface area contributed by atoms with Gasteiger partial charge < -0.3 is 10.2 Å². The van der Waals surface area contributed by atoms with Gasteiger partial charge in [0.15, 0.2) is 11.6 Å². The Hall–Kier alpha value is -2.47. The summed E-state index contributed by atoms with van der Waals surface area (Å²) in [5.74, 6) is -0.442. The van der Waals surface area contributed by atoms with Crippen LogP contribution in [0.5, 0.6) is 0 Å². The minimum atomic E-state index is -4.41. The third-order valence-electron chi connectivity index (χ3n) is 6.98. The first-order valence-electron chi connectivity index (χ1n) is 11.1. The Morgan fingerprint density at radius 2 is 1.91 bits per heavy atom. The van der Waals surface area contributed by atoms with Crippen molar-refractivity contribution < 1.29 is 26.0 Å². The third-order valence-corrected chi connectivity index (χ3v) is 8.23. The zero-order valence-electron chi connectivity index (χ0n) is 18.5. The number of hydrogen-bond donors (Lipinski definition) is 1. The summed E-state index contributed by atoms with van der Waals surface area (Å²) in [7, 11) is -3.26. The minimum absolute atomic E-state index is 0.0581. The summed E-state index contributed by atoms with van der Waals surface area (Å²) in [4.78, 5) is 9.99. The molecule has 3 aliphatic rings. The van der Waals surface area contributed by atoms with E-state index in [0.717, 1.165) is 31.4 Å². The molecule has 2 heterocycles. The Kier molecular flexibility index (Phi) is 5.51. The highest BCUT2D eigenvalue weighted by Crippen LogP contribution is 2.54. The molecular formula is C22H25F4N5O2S. The summed E-state index contributed by atoms with van der Waals surface area (Å²) >= 11 is 0. The normalized spacial score (nSPS) is 25.0. The van der Waals surface area contributed by atoms with Crippen LogP contribution in [0.4, 0.5) is 29.2 Å². The van der Waals surface area contributed by atoms with Gasteiger partial charge in [0.05, 0.1) is 11.8 Å². The predicted molar refractivity (Wildman–Crippen MR) is 118 cm³/mol. The van der Waals surface area contributed by atoms with E-state index in [4.69, 9.17) is 0 Å².